The van der Waals surface area contributed by atoms with Gasteiger partial charge in [-0.1, -0.05) is 0 Å². The van der Waals surface area contributed by atoms with Crippen molar-refractivity contribution in [2.75, 3.05) is 5.12 Å². The minimum Gasteiger partial charge on any atom is -0.478 e. The van der Waals surface area contributed by atoms with Gasteiger partial charge in [0.05, 0.1) is 16.5 Å². The number of carboxylic acid groups (broad SMARTS) is 1. The van der Waals surface area contributed by atoms with Crippen LogP contribution in [0.2, 0.25) is 0 Å². The van der Waals surface area contributed by atoms with Crippen LogP contribution >= 0.6 is 0 Å². The lowest BCUT2D eigenvalue weighted by molar-refractivity contribution is 0.0697. The van der Waals surface area contributed by atoms with Crippen LogP contribution in [-0.2, 0) is 0 Å². The summed E-state index contributed by atoms with van der Waals surface area (Å²) in [6.45, 7) is 0. The summed E-state index contributed by atoms with van der Waals surface area (Å²) in [5.74, 6) is 4.09. The second-order valence-corrected chi connectivity index (χ2v) is 2.28. The Labute approximate surface area is 73.5 Å². The van der Waals surface area contributed by atoms with E-state index < -0.39 is 5.97 Å². The van der Waals surface area contributed by atoms with Gasteiger partial charge in [-0.05, 0) is 24.3 Å². The molecule has 13 heavy (non-hydrogen) atoms. The summed E-state index contributed by atoms with van der Waals surface area (Å²) in [6, 6.07) is 5.46. The number of nitroso groups, excluding NO2 is 1. The number of benzene rings is 1. The van der Waals surface area contributed by atoms with Crippen molar-refractivity contribution < 1.29 is 9.90 Å². The number of nitrogens with zero attached hydrogens (tertiary/aromatic N) is 2. The summed E-state index contributed by atoms with van der Waals surface area (Å²) >= 11 is 0. The van der Waals surface area contributed by atoms with Gasteiger partial charge >= 0.3 is 5.97 Å². The standard InChI is InChI=1S/C7H7N3O3/c8-10(9-13)6-3-1-5(2-4-6)7(11)12/h1-4H,8H2,(H,11,12). The second-order valence-electron chi connectivity index (χ2n) is 2.28. The number of hydrogen-bond donors (Lipinski definition) is 2. The van der Waals surface area contributed by atoms with Crippen molar-refractivity contribution in [3.63, 3.8) is 0 Å². The van der Waals surface area contributed by atoms with Crippen molar-refractivity contribution in [2.45, 2.75) is 0 Å². The number of hydrogen-bond acceptors (Lipinski definition) is 4. The Balaban J connectivity index is 2.93. The van der Waals surface area contributed by atoms with E-state index in [1.54, 1.807) is 0 Å². The average Bonchev–Trinajstić information content (AvgIpc) is 2.17. The summed E-state index contributed by atoms with van der Waals surface area (Å²) in [4.78, 5) is 20.4. The van der Waals surface area contributed by atoms with Crippen LogP contribution in [0.5, 0.6) is 0 Å². The third kappa shape index (κ3) is 2.00. The Bertz CT molecular complexity index is 322. The molecule has 1 rings (SSSR count). The van der Waals surface area contributed by atoms with Gasteiger partial charge in [0.2, 0.25) is 0 Å². The molecule has 0 radical (unpaired) electrons. The van der Waals surface area contributed by atoms with Crippen molar-refractivity contribution in [1.29, 1.82) is 0 Å². The minimum atomic E-state index is -1.03. The zero-order valence-corrected chi connectivity index (χ0v) is 6.54. The number of hydrazine groups is 1. The molecular formula is C7H7N3O3. The van der Waals surface area contributed by atoms with Crippen LogP contribution in [-0.4, -0.2) is 11.1 Å². The monoisotopic (exact) mass is 181 g/mol. The van der Waals surface area contributed by atoms with Crippen molar-refractivity contribution in [1.82, 2.24) is 0 Å². The molecular weight excluding hydrogens is 174 g/mol. The molecule has 0 atom stereocenters. The van der Waals surface area contributed by atoms with Crippen LogP contribution in [0.15, 0.2) is 29.6 Å². The van der Waals surface area contributed by atoms with Gasteiger partial charge in [0, 0.05) is 0 Å². The van der Waals surface area contributed by atoms with Gasteiger partial charge in [0.1, 0.15) is 0 Å². The van der Waals surface area contributed by atoms with E-state index in [1.807, 2.05) is 0 Å². The smallest absolute Gasteiger partial charge is 0.335 e. The Morgan fingerprint density at radius 1 is 1.38 bits per heavy atom. The Morgan fingerprint density at radius 2 is 1.92 bits per heavy atom. The van der Waals surface area contributed by atoms with Crippen molar-refractivity contribution in [2.24, 2.45) is 11.1 Å². The van der Waals surface area contributed by atoms with Crippen LogP contribution in [0, 0.1) is 4.91 Å². The third-order valence-corrected chi connectivity index (χ3v) is 1.47. The number of rotatable bonds is 3. The quantitative estimate of drug-likeness (QED) is 0.407. The number of carboxylic acids is 1. The maximum Gasteiger partial charge on any atom is 0.335 e. The lowest BCUT2D eigenvalue weighted by Crippen LogP contribution is -2.23. The molecule has 1 aromatic rings. The number of anilines is 1. The zero-order valence-electron chi connectivity index (χ0n) is 6.54. The van der Waals surface area contributed by atoms with E-state index in [0.29, 0.717) is 10.8 Å². The van der Waals surface area contributed by atoms with Gasteiger partial charge in [-0.2, -0.15) is 5.12 Å². The lowest BCUT2D eigenvalue weighted by Gasteiger charge is -2.06. The van der Waals surface area contributed by atoms with E-state index in [2.05, 4.69) is 5.29 Å². The van der Waals surface area contributed by atoms with Crippen LogP contribution < -0.4 is 11.0 Å². The highest BCUT2D eigenvalue weighted by Crippen LogP contribution is 2.12. The summed E-state index contributed by atoms with van der Waals surface area (Å²) in [5, 5.41) is 11.6. The second kappa shape index (κ2) is 3.63. The van der Waals surface area contributed by atoms with Gasteiger partial charge in [0.25, 0.3) is 0 Å². The predicted octanol–water partition coefficient (Wildman–Crippen LogP) is 0.746. The van der Waals surface area contributed by atoms with Gasteiger partial charge < -0.3 is 5.11 Å². The lowest BCUT2D eigenvalue weighted by atomic mass is 10.2. The number of carbonyl (C=O) groups is 1. The first-order valence-corrected chi connectivity index (χ1v) is 3.36. The summed E-state index contributed by atoms with van der Waals surface area (Å²) in [6.07, 6.45) is 0. The van der Waals surface area contributed by atoms with Crippen molar-refractivity contribution >= 4 is 11.7 Å². The van der Waals surface area contributed by atoms with E-state index in [9.17, 15) is 9.70 Å². The van der Waals surface area contributed by atoms with E-state index in [1.165, 1.54) is 24.3 Å². The van der Waals surface area contributed by atoms with Crippen molar-refractivity contribution in [3.8, 4) is 0 Å². The molecule has 0 saturated carbocycles. The third-order valence-electron chi connectivity index (χ3n) is 1.47. The first kappa shape index (κ1) is 9.14. The van der Waals surface area contributed by atoms with Crippen LogP contribution in [0.1, 0.15) is 10.4 Å². The summed E-state index contributed by atoms with van der Waals surface area (Å²) < 4.78 is 0. The van der Waals surface area contributed by atoms with E-state index in [4.69, 9.17) is 10.9 Å². The zero-order chi connectivity index (χ0) is 9.84. The normalized spacial score (nSPS) is 9.31. The first-order chi connectivity index (χ1) is 6.15. The van der Waals surface area contributed by atoms with Crippen LogP contribution in [0.25, 0.3) is 0 Å². The minimum absolute atomic E-state index is 0.128. The fourth-order valence-corrected chi connectivity index (χ4v) is 0.804. The maximum atomic E-state index is 10.4. The molecule has 0 aliphatic rings. The highest BCUT2D eigenvalue weighted by molar-refractivity contribution is 5.87. The Morgan fingerprint density at radius 3 is 2.31 bits per heavy atom. The molecule has 0 unspecified atom stereocenters. The molecule has 0 aromatic heterocycles. The van der Waals surface area contributed by atoms with Crippen molar-refractivity contribution in [3.05, 3.63) is 34.7 Å². The molecule has 0 amide bonds. The van der Waals surface area contributed by atoms with Crippen LogP contribution in [0.4, 0.5) is 5.69 Å². The van der Waals surface area contributed by atoms with E-state index >= 15 is 0 Å². The first-order valence-electron chi connectivity index (χ1n) is 3.36. The molecule has 68 valence electrons. The van der Waals surface area contributed by atoms with E-state index in [-0.39, 0.29) is 5.56 Å². The van der Waals surface area contributed by atoms with Gasteiger partial charge in [-0.25, -0.2) is 10.6 Å². The number of aromatic carboxylic acids is 1. The van der Waals surface area contributed by atoms with Gasteiger partial charge in [0.15, 0.2) is 0 Å². The molecule has 0 saturated heterocycles. The highest BCUT2D eigenvalue weighted by atomic mass is 16.4. The molecule has 0 fully saturated rings. The van der Waals surface area contributed by atoms with Gasteiger partial charge in [-0.3, -0.25) is 0 Å². The Hall–Kier alpha value is -1.95. The van der Waals surface area contributed by atoms with Crippen LogP contribution in [0.3, 0.4) is 0 Å². The predicted molar refractivity (Wildman–Crippen MR) is 45.9 cm³/mol. The maximum absolute atomic E-state index is 10.4. The molecule has 0 spiro atoms. The molecule has 3 N–H and O–H groups in total. The van der Waals surface area contributed by atoms with Gasteiger partial charge in [-0.15, -0.1) is 4.91 Å². The van der Waals surface area contributed by atoms with E-state index in [0.717, 1.165) is 0 Å². The fourth-order valence-electron chi connectivity index (χ4n) is 0.804. The topological polar surface area (TPSA) is 96.0 Å². The SMILES string of the molecule is NN(N=O)c1ccc(C(=O)O)cc1. The summed E-state index contributed by atoms with van der Waals surface area (Å²) in [7, 11) is 0. The molecule has 6 nitrogen and oxygen atoms in total. The highest BCUT2D eigenvalue weighted by Gasteiger charge is 2.04. The molecule has 0 heterocycles. The average molecular weight is 181 g/mol. The summed E-state index contributed by atoms with van der Waals surface area (Å²) in [5.41, 5.74) is 0.461. The Kier molecular flexibility index (Phi) is 2.56. The molecule has 0 aliphatic carbocycles. The fraction of sp³-hybridized carbons (Fsp3) is 0. The largest absolute Gasteiger partial charge is 0.478 e. The molecule has 0 bridgehead atoms. The molecule has 1 aromatic carbocycles. The molecule has 6 heteroatoms. The number of nitrogens with two attached hydrogens (primary N) is 1. The molecule has 0 aliphatic heterocycles.